The summed E-state index contributed by atoms with van der Waals surface area (Å²) in [6.45, 7) is 6.44. The Morgan fingerprint density at radius 2 is 2.29 bits per heavy atom. The maximum Gasteiger partial charge on any atom is 0.0495 e. The largest absolute Gasteiger partial charge is 0.381 e. The second-order valence-electron chi connectivity index (χ2n) is 4.85. The fourth-order valence-corrected chi connectivity index (χ4v) is 2.42. The van der Waals surface area contributed by atoms with Crippen LogP contribution in [0.25, 0.3) is 0 Å². The van der Waals surface area contributed by atoms with Crippen LogP contribution in [0.5, 0.6) is 0 Å². The van der Waals surface area contributed by atoms with E-state index >= 15 is 0 Å². The van der Waals surface area contributed by atoms with Crippen molar-refractivity contribution < 1.29 is 4.74 Å². The molecule has 0 spiro atoms. The third-order valence-electron chi connectivity index (χ3n) is 3.15. The molecule has 2 nitrogen and oxygen atoms in total. The molecule has 0 aliphatic carbocycles. The van der Waals surface area contributed by atoms with Crippen molar-refractivity contribution in [1.29, 1.82) is 0 Å². The van der Waals surface area contributed by atoms with Gasteiger partial charge in [0.15, 0.2) is 0 Å². The third-order valence-corrected chi connectivity index (χ3v) is 3.15. The van der Waals surface area contributed by atoms with Crippen molar-refractivity contribution >= 4 is 0 Å². The van der Waals surface area contributed by atoms with Crippen LogP contribution in [0, 0.1) is 11.8 Å². The van der Waals surface area contributed by atoms with Crippen LogP contribution < -0.4 is 5.73 Å². The molecule has 2 heteroatoms. The van der Waals surface area contributed by atoms with Gasteiger partial charge < -0.3 is 10.5 Å². The van der Waals surface area contributed by atoms with Crippen LogP contribution in [0.3, 0.4) is 0 Å². The van der Waals surface area contributed by atoms with E-state index in [1.165, 1.54) is 25.7 Å². The molecule has 1 fully saturated rings. The monoisotopic (exact) mass is 199 g/mol. The van der Waals surface area contributed by atoms with E-state index in [0.717, 1.165) is 31.5 Å². The minimum absolute atomic E-state index is 0.392. The Bertz CT molecular complexity index is 143. The number of nitrogens with two attached hydrogens (primary N) is 1. The highest BCUT2D eigenvalue weighted by Crippen LogP contribution is 2.21. The molecule has 1 aliphatic rings. The topological polar surface area (TPSA) is 35.2 Å². The highest BCUT2D eigenvalue weighted by atomic mass is 16.5. The summed E-state index contributed by atoms with van der Waals surface area (Å²) in [6.07, 6.45) is 6.16. The maximum absolute atomic E-state index is 6.13. The van der Waals surface area contributed by atoms with E-state index in [4.69, 9.17) is 10.5 Å². The lowest BCUT2D eigenvalue weighted by molar-refractivity contribution is 0.181. The number of rotatable bonds is 6. The molecule has 0 aromatic heterocycles. The summed E-state index contributed by atoms with van der Waals surface area (Å²) in [7, 11) is 0. The summed E-state index contributed by atoms with van der Waals surface area (Å²) in [5.74, 6) is 1.52. The van der Waals surface area contributed by atoms with Crippen LogP contribution in [0.15, 0.2) is 0 Å². The van der Waals surface area contributed by atoms with Crippen molar-refractivity contribution in [1.82, 2.24) is 0 Å². The molecule has 3 unspecified atom stereocenters. The van der Waals surface area contributed by atoms with Gasteiger partial charge in [0, 0.05) is 19.3 Å². The van der Waals surface area contributed by atoms with Crippen molar-refractivity contribution in [3.63, 3.8) is 0 Å². The molecular formula is C12H25NO. The Labute approximate surface area is 88.2 Å². The van der Waals surface area contributed by atoms with E-state index in [1.54, 1.807) is 0 Å². The van der Waals surface area contributed by atoms with Crippen LogP contribution in [-0.2, 0) is 4.74 Å². The first-order valence-electron chi connectivity index (χ1n) is 6.05. The molecule has 0 radical (unpaired) electrons. The first-order chi connectivity index (χ1) is 6.72. The average Bonchev–Trinajstić information content (AvgIpc) is 2.56. The second kappa shape index (κ2) is 6.41. The summed E-state index contributed by atoms with van der Waals surface area (Å²) in [5.41, 5.74) is 6.13. The Balaban J connectivity index is 2.10. The van der Waals surface area contributed by atoms with E-state index in [1.807, 2.05) is 0 Å². The van der Waals surface area contributed by atoms with Gasteiger partial charge in [-0.2, -0.15) is 0 Å². The number of hydrogen-bond donors (Lipinski definition) is 1. The Morgan fingerprint density at radius 1 is 1.50 bits per heavy atom. The van der Waals surface area contributed by atoms with Crippen LogP contribution in [0.4, 0.5) is 0 Å². The molecule has 0 bridgehead atoms. The maximum atomic E-state index is 6.13. The van der Waals surface area contributed by atoms with Crippen molar-refractivity contribution in [3.8, 4) is 0 Å². The van der Waals surface area contributed by atoms with E-state index in [2.05, 4.69) is 13.8 Å². The van der Waals surface area contributed by atoms with E-state index < -0.39 is 0 Å². The Hall–Kier alpha value is -0.0800. The molecule has 0 amide bonds. The Morgan fingerprint density at radius 3 is 2.86 bits per heavy atom. The Kier molecular flexibility index (Phi) is 5.49. The molecular weight excluding hydrogens is 174 g/mol. The molecule has 0 saturated carbocycles. The van der Waals surface area contributed by atoms with Crippen molar-refractivity contribution in [3.05, 3.63) is 0 Å². The zero-order valence-electron chi connectivity index (χ0n) is 9.67. The van der Waals surface area contributed by atoms with Crippen molar-refractivity contribution in [2.75, 3.05) is 13.2 Å². The van der Waals surface area contributed by atoms with Crippen LogP contribution in [0.2, 0.25) is 0 Å². The molecule has 1 saturated heterocycles. The van der Waals surface area contributed by atoms with Gasteiger partial charge >= 0.3 is 0 Å². The molecule has 14 heavy (non-hydrogen) atoms. The summed E-state index contributed by atoms with van der Waals surface area (Å²) in [6, 6.07) is 0.392. The van der Waals surface area contributed by atoms with Gasteiger partial charge in [-0.15, -0.1) is 0 Å². The summed E-state index contributed by atoms with van der Waals surface area (Å²) >= 11 is 0. The van der Waals surface area contributed by atoms with Crippen molar-refractivity contribution in [2.24, 2.45) is 17.6 Å². The smallest absolute Gasteiger partial charge is 0.0495 e. The molecule has 1 rings (SSSR count). The highest BCUT2D eigenvalue weighted by molar-refractivity contribution is 4.73. The van der Waals surface area contributed by atoms with Gasteiger partial charge in [-0.1, -0.05) is 26.7 Å². The van der Waals surface area contributed by atoms with Gasteiger partial charge in [-0.05, 0) is 31.1 Å². The van der Waals surface area contributed by atoms with Crippen LogP contribution >= 0.6 is 0 Å². The highest BCUT2D eigenvalue weighted by Gasteiger charge is 2.19. The molecule has 3 atom stereocenters. The lowest BCUT2D eigenvalue weighted by Crippen LogP contribution is -2.26. The average molecular weight is 199 g/mol. The zero-order valence-corrected chi connectivity index (χ0v) is 9.67. The second-order valence-corrected chi connectivity index (χ2v) is 4.85. The van der Waals surface area contributed by atoms with E-state index in [9.17, 15) is 0 Å². The van der Waals surface area contributed by atoms with Gasteiger partial charge in [0.05, 0.1) is 0 Å². The predicted molar refractivity (Wildman–Crippen MR) is 60.2 cm³/mol. The fraction of sp³-hybridized carbons (Fsp3) is 1.00. The van der Waals surface area contributed by atoms with E-state index in [0.29, 0.717) is 6.04 Å². The predicted octanol–water partition coefficient (Wildman–Crippen LogP) is 2.57. The molecule has 84 valence electrons. The number of hydrogen-bond acceptors (Lipinski definition) is 2. The SMILES string of the molecule is CCCC(C)CC(N)CC1CCOC1. The zero-order chi connectivity index (χ0) is 10.4. The number of ether oxygens (including phenoxy) is 1. The lowest BCUT2D eigenvalue weighted by Gasteiger charge is -2.19. The van der Waals surface area contributed by atoms with E-state index in [-0.39, 0.29) is 0 Å². The van der Waals surface area contributed by atoms with Crippen LogP contribution in [0.1, 0.15) is 46.0 Å². The normalized spacial score (nSPS) is 26.4. The van der Waals surface area contributed by atoms with Gasteiger partial charge in [0.2, 0.25) is 0 Å². The lowest BCUT2D eigenvalue weighted by atomic mass is 9.91. The van der Waals surface area contributed by atoms with Gasteiger partial charge in [-0.25, -0.2) is 0 Å². The first-order valence-corrected chi connectivity index (χ1v) is 6.05. The van der Waals surface area contributed by atoms with Gasteiger partial charge in [-0.3, -0.25) is 0 Å². The molecule has 1 heterocycles. The molecule has 0 aromatic rings. The fourth-order valence-electron chi connectivity index (χ4n) is 2.42. The minimum Gasteiger partial charge on any atom is -0.381 e. The molecule has 2 N–H and O–H groups in total. The minimum atomic E-state index is 0.392. The van der Waals surface area contributed by atoms with Gasteiger partial charge in [0.25, 0.3) is 0 Å². The molecule has 1 aliphatic heterocycles. The standard InChI is InChI=1S/C12H25NO/c1-3-4-10(2)7-12(13)8-11-5-6-14-9-11/h10-12H,3-9,13H2,1-2H3. The van der Waals surface area contributed by atoms with Crippen molar-refractivity contribution in [2.45, 2.75) is 52.0 Å². The third kappa shape index (κ3) is 4.43. The molecule has 0 aromatic carbocycles. The summed E-state index contributed by atoms with van der Waals surface area (Å²) in [5, 5.41) is 0. The van der Waals surface area contributed by atoms with Crippen LogP contribution in [-0.4, -0.2) is 19.3 Å². The quantitative estimate of drug-likeness (QED) is 0.713. The van der Waals surface area contributed by atoms with Gasteiger partial charge in [0.1, 0.15) is 0 Å². The first kappa shape index (κ1) is 12.0. The summed E-state index contributed by atoms with van der Waals surface area (Å²) < 4.78 is 5.35. The summed E-state index contributed by atoms with van der Waals surface area (Å²) in [4.78, 5) is 0.